The van der Waals surface area contributed by atoms with Crippen LogP contribution in [-0.4, -0.2) is 19.9 Å². The standard InChI is InChI=1S/C11H15B.2C6H5.C4H8O.Sc/c1-3-7-11(8-4-1)12-9-5-2-6-10-12;2*1-2-4-6-5-3-1;1-2-4-5-3-1;/h1,3-4,7-8H,2,5-6,9-10H2;2*1-5H;1-4H2;/q;2*-1;;+3. The molecule has 30 heavy (non-hydrogen) atoms. The molecule has 5 rings (SSSR count). The van der Waals surface area contributed by atoms with Crippen molar-refractivity contribution in [3.05, 3.63) is 103 Å². The Kier molecular flexibility index (Phi) is 17.3. The molecule has 0 amide bonds. The van der Waals surface area contributed by atoms with Crippen LogP contribution in [0.15, 0.2) is 91.0 Å². The van der Waals surface area contributed by atoms with Crippen LogP contribution in [0.3, 0.4) is 0 Å². The Morgan fingerprint density at radius 3 is 1.37 bits per heavy atom. The number of rotatable bonds is 1. The van der Waals surface area contributed by atoms with E-state index in [0.717, 1.165) is 19.9 Å². The van der Waals surface area contributed by atoms with E-state index in [4.69, 9.17) is 4.74 Å². The van der Waals surface area contributed by atoms with Crippen molar-refractivity contribution in [2.45, 2.75) is 44.7 Å². The first-order chi connectivity index (χ1) is 14.5. The molecule has 3 aromatic carbocycles. The van der Waals surface area contributed by atoms with E-state index in [9.17, 15) is 0 Å². The molecule has 0 saturated carbocycles. The second kappa shape index (κ2) is 19.5. The molecule has 1 nitrogen and oxygen atoms in total. The summed E-state index contributed by atoms with van der Waals surface area (Å²) in [5, 5.41) is 0. The zero-order valence-corrected chi connectivity index (χ0v) is 19.9. The van der Waals surface area contributed by atoms with Gasteiger partial charge in [0, 0.05) is 13.2 Å². The number of hydrogen-bond donors (Lipinski definition) is 0. The van der Waals surface area contributed by atoms with Crippen molar-refractivity contribution in [3.8, 4) is 0 Å². The maximum atomic E-state index is 4.94. The molecule has 152 valence electrons. The van der Waals surface area contributed by atoms with E-state index >= 15 is 0 Å². The van der Waals surface area contributed by atoms with Gasteiger partial charge in [0.25, 0.3) is 0 Å². The fourth-order valence-electron chi connectivity index (χ4n) is 3.36. The van der Waals surface area contributed by atoms with E-state index in [-0.39, 0.29) is 25.8 Å². The summed E-state index contributed by atoms with van der Waals surface area (Å²) in [6, 6.07) is 36.0. The van der Waals surface area contributed by atoms with Crippen molar-refractivity contribution in [1.29, 1.82) is 0 Å². The Morgan fingerprint density at radius 1 is 0.567 bits per heavy atom. The van der Waals surface area contributed by atoms with Gasteiger partial charge in [-0.25, -0.2) is 0 Å². The van der Waals surface area contributed by atoms with Gasteiger partial charge in [-0.3, -0.25) is 0 Å². The van der Waals surface area contributed by atoms with E-state index in [1.54, 1.807) is 5.46 Å². The Hall–Kier alpha value is -1.44. The molecule has 2 fully saturated rings. The summed E-state index contributed by atoms with van der Waals surface area (Å²) >= 11 is 0. The summed E-state index contributed by atoms with van der Waals surface area (Å²) in [7, 11) is 0. The third-order valence-electron chi connectivity index (χ3n) is 4.92. The van der Waals surface area contributed by atoms with Gasteiger partial charge >= 0.3 is 25.8 Å². The summed E-state index contributed by atoms with van der Waals surface area (Å²) in [6.07, 6.45) is 9.68. The van der Waals surface area contributed by atoms with Gasteiger partial charge in [-0.15, -0.1) is 0 Å². The van der Waals surface area contributed by atoms with Gasteiger partial charge in [0.2, 0.25) is 0 Å². The van der Waals surface area contributed by atoms with Crippen molar-refractivity contribution >= 4 is 12.2 Å². The first-order valence-corrected chi connectivity index (χ1v) is 10.9. The van der Waals surface area contributed by atoms with Gasteiger partial charge in [0.1, 0.15) is 0 Å². The van der Waals surface area contributed by atoms with Crippen LogP contribution in [0.4, 0.5) is 0 Å². The molecule has 3 aromatic rings. The van der Waals surface area contributed by atoms with Crippen LogP contribution in [0.25, 0.3) is 0 Å². The predicted octanol–water partition coefficient (Wildman–Crippen LogP) is 6.34. The van der Waals surface area contributed by atoms with Crippen LogP contribution in [0.5, 0.6) is 0 Å². The molecule has 0 bridgehead atoms. The van der Waals surface area contributed by atoms with Gasteiger partial charge in [-0.05, 0) is 12.8 Å². The van der Waals surface area contributed by atoms with Gasteiger partial charge in [-0.1, -0.05) is 67.7 Å². The maximum absolute atomic E-state index is 4.94. The van der Waals surface area contributed by atoms with Gasteiger partial charge < -0.3 is 4.74 Å². The molecule has 2 saturated heterocycles. The first-order valence-electron chi connectivity index (χ1n) is 10.9. The van der Waals surface area contributed by atoms with Crippen LogP contribution >= 0.6 is 0 Å². The second-order valence-electron chi connectivity index (χ2n) is 7.22. The molecule has 2 aliphatic heterocycles. The average Bonchev–Trinajstić information content (AvgIpc) is 3.44. The minimum atomic E-state index is 0. The van der Waals surface area contributed by atoms with E-state index in [1.165, 1.54) is 44.7 Å². The second-order valence-corrected chi connectivity index (χ2v) is 7.22. The topological polar surface area (TPSA) is 9.23 Å². The van der Waals surface area contributed by atoms with Crippen molar-refractivity contribution < 1.29 is 30.6 Å². The van der Waals surface area contributed by atoms with E-state index in [2.05, 4.69) is 42.5 Å². The summed E-state index contributed by atoms with van der Waals surface area (Å²) in [4.78, 5) is 0. The molecule has 0 N–H and O–H groups in total. The average molecular weight is 429 g/mol. The number of hydrogen-bond acceptors (Lipinski definition) is 1. The normalized spacial score (nSPS) is 14.3. The molecular weight excluding hydrogens is 396 g/mol. The third kappa shape index (κ3) is 13.7. The molecule has 0 spiro atoms. The van der Waals surface area contributed by atoms with E-state index < -0.39 is 0 Å². The number of benzene rings is 3. The van der Waals surface area contributed by atoms with Crippen LogP contribution < -0.4 is 5.46 Å². The minimum Gasteiger partial charge on any atom is -0.381 e. The summed E-state index contributed by atoms with van der Waals surface area (Å²) < 4.78 is 4.94. The molecule has 2 heterocycles. The molecule has 0 aromatic heterocycles. The molecule has 3 heteroatoms. The summed E-state index contributed by atoms with van der Waals surface area (Å²) in [6.45, 7) is 2.86. The SMILES string of the molecule is C1CCOC1.[Sc+3].[c-]1ccccc1.[c-]1ccccc1.c1ccc(B2CCCCC2)cc1. The minimum absolute atomic E-state index is 0. The van der Waals surface area contributed by atoms with Gasteiger partial charge in [0.05, 0.1) is 0 Å². The number of ether oxygens (including phenoxy) is 1. The Bertz CT molecular complexity index is 591. The van der Waals surface area contributed by atoms with Crippen LogP contribution in [-0.2, 0) is 30.6 Å². The Balaban J connectivity index is 0.000000213. The van der Waals surface area contributed by atoms with Crippen molar-refractivity contribution in [3.63, 3.8) is 0 Å². The summed E-state index contributed by atoms with van der Waals surface area (Å²) in [5.41, 5.74) is 1.55. The first kappa shape index (κ1) is 26.6. The van der Waals surface area contributed by atoms with Crippen molar-refractivity contribution in [2.75, 3.05) is 13.2 Å². The fourth-order valence-corrected chi connectivity index (χ4v) is 3.36. The maximum Gasteiger partial charge on any atom is 3.00 e. The zero-order valence-electron chi connectivity index (χ0n) is 18.1. The molecule has 0 unspecified atom stereocenters. The van der Waals surface area contributed by atoms with Crippen LogP contribution in [0.1, 0.15) is 32.1 Å². The van der Waals surface area contributed by atoms with Crippen LogP contribution in [0, 0.1) is 12.1 Å². The molecule has 0 atom stereocenters. The van der Waals surface area contributed by atoms with Crippen molar-refractivity contribution in [2.24, 2.45) is 0 Å². The Morgan fingerprint density at radius 2 is 1.03 bits per heavy atom. The largest absolute Gasteiger partial charge is 3.00 e. The molecule has 0 aliphatic carbocycles. The third-order valence-corrected chi connectivity index (χ3v) is 4.92. The smallest absolute Gasteiger partial charge is 0.381 e. The van der Waals surface area contributed by atoms with Gasteiger partial charge in [0.15, 0.2) is 6.71 Å². The molecular formula is C27H33BOSc+. The quantitative estimate of drug-likeness (QED) is 0.324. The zero-order chi connectivity index (χ0) is 20.2. The Labute approximate surface area is 203 Å². The van der Waals surface area contributed by atoms with E-state index in [0.29, 0.717) is 0 Å². The molecule has 0 radical (unpaired) electrons. The van der Waals surface area contributed by atoms with Gasteiger partial charge in [-0.2, -0.15) is 72.8 Å². The van der Waals surface area contributed by atoms with Crippen molar-refractivity contribution in [1.82, 2.24) is 0 Å². The fraction of sp³-hybridized carbons (Fsp3) is 0.333. The molecule has 2 aliphatic rings. The van der Waals surface area contributed by atoms with Crippen LogP contribution in [0.2, 0.25) is 12.6 Å². The monoisotopic (exact) mass is 429 g/mol. The summed E-state index contributed by atoms with van der Waals surface area (Å²) in [5.74, 6) is 0. The van der Waals surface area contributed by atoms with E-state index in [1.807, 2.05) is 60.7 Å². The predicted molar refractivity (Wildman–Crippen MR) is 126 cm³/mol.